The summed E-state index contributed by atoms with van der Waals surface area (Å²) in [6.45, 7) is 5.64. The molecule has 204 valence electrons. The summed E-state index contributed by atoms with van der Waals surface area (Å²) in [6, 6.07) is 13.0. The van der Waals surface area contributed by atoms with Gasteiger partial charge in [0.25, 0.3) is 0 Å². The third kappa shape index (κ3) is 6.24. The molecule has 0 spiro atoms. The Kier molecular flexibility index (Phi) is 8.15. The highest BCUT2D eigenvalue weighted by Crippen LogP contribution is 2.41. The normalized spacial score (nSPS) is 15.7. The Morgan fingerprint density at radius 2 is 1.95 bits per heavy atom. The van der Waals surface area contributed by atoms with Gasteiger partial charge in [-0.2, -0.15) is 0 Å². The molecule has 0 aliphatic carbocycles. The SMILES string of the molecule is CCCS(=O)(=O)Nc1c(Cl)ccc2c(Oc3ncccc3-c3ccnc(N[C@H]4CCCNC4)n3)c(C)ccc12. The van der Waals surface area contributed by atoms with Gasteiger partial charge in [0, 0.05) is 35.8 Å². The minimum absolute atomic E-state index is 0.000727. The van der Waals surface area contributed by atoms with Crippen molar-refractivity contribution in [2.24, 2.45) is 0 Å². The summed E-state index contributed by atoms with van der Waals surface area (Å²) in [5, 5.41) is 8.46. The maximum atomic E-state index is 12.6. The number of nitrogens with zero attached hydrogens (tertiary/aromatic N) is 3. The van der Waals surface area contributed by atoms with Gasteiger partial charge in [-0.3, -0.25) is 4.72 Å². The van der Waals surface area contributed by atoms with E-state index in [2.05, 4.69) is 25.3 Å². The molecule has 9 nitrogen and oxygen atoms in total. The van der Waals surface area contributed by atoms with Gasteiger partial charge in [0.05, 0.1) is 27.7 Å². The fraction of sp³-hybridized carbons (Fsp3) is 0.321. The van der Waals surface area contributed by atoms with E-state index < -0.39 is 10.0 Å². The summed E-state index contributed by atoms with van der Waals surface area (Å²) in [5.41, 5.74) is 2.57. The molecule has 1 saturated heterocycles. The zero-order chi connectivity index (χ0) is 27.4. The van der Waals surface area contributed by atoms with Gasteiger partial charge in [0.1, 0.15) is 5.75 Å². The summed E-state index contributed by atoms with van der Waals surface area (Å²) in [7, 11) is -3.55. The summed E-state index contributed by atoms with van der Waals surface area (Å²) in [6.07, 6.45) is 6.04. The van der Waals surface area contributed by atoms with Crippen molar-refractivity contribution in [1.29, 1.82) is 0 Å². The number of sulfonamides is 1. The molecular weight excluding hydrogens is 536 g/mol. The van der Waals surface area contributed by atoms with Gasteiger partial charge < -0.3 is 15.4 Å². The number of benzene rings is 2. The summed E-state index contributed by atoms with van der Waals surface area (Å²) >= 11 is 6.45. The lowest BCUT2D eigenvalue weighted by atomic mass is 10.0. The summed E-state index contributed by atoms with van der Waals surface area (Å²) in [4.78, 5) is 13.7. The van der Waals surface area contributed by atoms with E-state index in [1.165, 1.54) is 0 Å². The molecule has 1 fully saturated rings. The molecule has 2 aromatic heterocycles. The molecular formula is C28H31ClN6O3S. The maximum absolute atomic E-state index is 12.6. The molecule has 39 heavy (non-hydrogen) atoms. The standard InChI is InChI=1S/C28H31ClN6O3S/c1-3-16-39(36,37)35-25-20-9-8-18(2)26(21(20)10-11-23(25)29)38-27-22(7-5-14-31-27)24-12-15-32-28(34-24)33-19-6-4-13-30-17-19/h5,7-12,14-15,19,30,35H,3-4,6,13,16-17H2,1-2H3,(H,32,33,34)/t19-/m0/s1. The Morgan fingerprint density at radius 3 is 2.74 bits per heavy atom. The van der Waals surface area contributed by atoms with Crippen LogP contribution in [0.1, 0.15) is 31.7 Å². The average molecular weight is 567 g/mol. The van der Waals surface area contributed by atoms with Gasteiger partial charge in [-0.15, -0.1) is 0 Å². The Bertz CT molecular complexity index is 1590. The first-order valence-corrected chi connectivity index (χ1v) is 15.0. The Hall–Kier alpha value is -3.47. The van der Waals surface area contributed by atoms with E-state index in [9.17, 15) is 8.42 Å². The van der Waals surface area contributed by atoms with Crippen LogP contribution in [0.3, 0.4) is 0 Å². The van der Waals surface area contributed by atoms with E-state index in [0.717, 1.165) is 31.5 Å². The molecule has 1 aliphatic heterocycles. The van der Waals surface area contributed by atoms with Gasteiger partial charge in [0.2, 0.25) is 21.9 Å². The van der Waals surface area contributed by atoms with Crippen molar-refractivity contribution in [2.45, 2.75) is 39.2 Å². The molecule has 2 aromatic carbocycles. The van der Waals surface area contributed by atoms with Crippen LogP contribution in [0.4, 0.5) is 11.6 Å². The van der Waals surface area contributed by atoms with Crippen molar-refractivity contribution in [3.63, 3.8) is 0 Å². The van der Waals surface area contributed by atoms with E-state index in [-0.39, 0.29) is 11.8 Å². The maximum Gasteiger partial charge on any atom is 0.232 e. The third-order valence-corrected chi connectivity index (χ3v) is 8.34. The Labute approximate surface area is 233 Å². The van der Waals surface area contributed by atoms with Crippen LogP contribution in [-0.2, 0) is 10.0 Å². The lowest BCUT2D eigenvalue weighted by molar-refractivity contribution is 0.466. The average Bonchev–Trinajstić information content (AvgIpc) is 2.92. The molecule has 4 aromatic rings. The molecule has 1 atom stereocenters. The van der Waals surface area contributed by atoms with Crippen LogP contribution in [0.2, 0.25) is 5.02 Å². The summed E-state index contributed by atoms with van der Waals surface area (Å²) in [5.74, 6) is 1.48. The lowest BCUT2D eigenvalue weighted by Gasteiger charge is -2.23. The molecule has 3 heterocycles. The van der Waals surface area contributed by atoms with Crippen molar-refractivity contribution < 1.29 is 13.2 Å². The van der Waals surface area contributed by atoms with Crippen LogP contribution in [-0.4, -0.2) is 48.3 Å². The van der Waals surface area contributed by atoms with Crippen LogP contribution < -0.4 is 20.1 Å². The van der Waals surface area contributed by atoms with Crippen LogP contribution in [0.25, 0.3) is 22.0 Å². The van der Waals surface area contributed by atoms with Gasteiger partial charge >= 0.3 is 0 Å². The van der Waals surface area contributed by atoms with Gasteiger partial charge in [0.15, 0.2) is 0 Å². The molecule has 0 radical (unpaired) electrons. The number of anilines is 2. The first-order valence-electron chi connectivity index (χ1n) is 13.0. The number of ether oxygens (including phenoxy) is 1. The monoisotopic (exact) mass is 566 g/mol. The van der Waals surface area contributed by atoms with E-state index in [1.807, 2.05) is 50.2 Å². The first-order chi connectivity index (χ1) is 18.8. The quantitative estimate of drug-likeness (QED) is 0.234. The van der Waals surface area contributed by atoms with Gasteiger partial charge in [-0.1, -0.05) is 30.7 Å². The fourth-order valence-corrected chi connectivity index (χ4v) is 6.11. The molecule has 5 rings (SSSR count). The predicted molar refractivity (Wildman–Crippen MR) is 156 cm³/mol. The number of fused-ring (bicyclic) bond motifs is 1. The first kappa shape index (κ1) is 27.1. The molecule has 11 heteroatoms. The molecule has 0 bridgehead atoms. The van der Waals surface area contributed by atoms with E-state index >= 15 is 0 Å². The van der Waals surface area contributed by atoms with Crippen molar-refractivity contribution in [1.82, 2.24) is 20.3 Å². The minimum atomic E-state index is -3.55. The largest absolute Gasteiger partial charge is 0.437 e. The number of hydrogen-bond acceptors (Lipinski definition) is 8. The number of pyridine rings is 1. The van der Waals surface area contributed by atoms with Crippen molar-refractivity contribution >= 4 is 44.0 Å². The van der Waals surface area contributed by atoms with Crippen LogP contribution in [0.15, 0.2) is 54.9 Å². The highest BCUT2D eigenvalue weighted by molar-refractivity contribution is 7.92. The van der Waals surface area contributed by atoms with Gasteiger partial charge in [-0.25, -0.2) is 23.4 Å². The molecule has 0 amide bonds. The smallest absolute Gasteiger partial charge is 0.232 e. The van der Waals surface area contributed by atoms with Crippen LogP contribution in [0.5, 0.6) is 11.6 Å². The Morgan fingerprint density at radius 1 is 1.10 bits per heavy atom. The number of aromatic nitrogens is 3. The predicted octanol–water partition coefficient (Wildman–Crippen LogP) is 5.76. The zero-order valence-corrected chi connectivity index (χ0v) is 23.4. The number of rotatable bonds is 9. The lowest BCUT2D eigenvalue weighted by Crippen LogP contribution is -2.38. The second kappa shape index (κ2) is 11.7. The van der Waals surface area contributed by atoms with Crippen molar-refractivity contribution in [3.8, 4) is 22.9 Å². The van der Waals surface area contributed by atoms with E-state index in [1.54, 1.807) is 18.5 Å². The van der Waals surface area contributed by atoms with Crippen molar-refractivity contribution in [3.05, 3.63) is 65.4 Å². The van der Waals surface area contributed by atoms with Gasteiger partial charge in [-0.05, 0) is 68.6 Å². The van der Waals surface area contributed by atoms with Crippen LogP contribution >= 0.6 is 11.6 Å². The Balaban J connectivity index is 1.51. The zero-order valence-electron chi connectivity index (χ0n) is 21.9. The molecule has 3 N–H and O–H groups in total. The number of nitrogens with one attached hydrogen (secondary N) is 3. The third-order valence-electron chi connectivity index (χ3n) is 6.56. The highest BCUT2D eigenvalue weighted by atomic mass is 35.5. The molecule has 1 aliphatic rings. The second-order valence-electron chi connectivity index (χ2n) is 9.56. The summed E-state index contributed by atoms with van der Waals surface area (Å²) < 4.78 is 34.2. The van der Waals surface area contributed by atoms with E-state index in [4.69, 9.17) is 21.3 Å². The number of aryl methyl sites for hydroxylation is 1. The number of hydrogen-bond donors (Lipinski definition) is 3. The molecule has 0 unspecified atom stereocenters. The fourth-order valence-electron chi connectivity index (χ4n) is 4.67. The van der Waals surface area contributed by atoms with Crippen molar-refractivity contribution in [2.75, 3.05) is 28.9 Å². The minimum Gasteiger partial charge on any atom is -0.437 e. The topological polar surface area (TPSA) is 118 Å². The number of piperidine rings is 1. The highest BCUT2D eigenvalue weighted by Gasteiger charge is 2.20. The second-order valence-corrected chi connectivity index (χ2v) is 11.8. The number of halogens is 1. The van der Waals surface area contributed by atoms with E-state index in [0.29, 0.717) is 56.7 Å². The molecule has 0 saturated carbocycles. The van der Waals surface area contributed by atoms with Crippen LogP contribution in [0, 0.1) is 6.92 Å².